The van der Waals surface area contributed by atoms with Gasteiger partial charge in [-0.05, 0) is 42.8 Å². The van der Waals surface area contributed by atoms with Crippen LogP contribution >= 0.6 is 11.3 Å². The monoisotopic (exact) mass is 403 g/mol. The van der Waals surface area contributed by atoms with Gasteiger partial charge < -0.3 is 10.1 Å². The van der Waals surface area contributed by atoms with Crippen molar-refractivity contribution in [3.8, 4) is 5.75 Å². The van der Waals surface area contributed by atoms with Gasteiger partial charge in [-0.15, -0.1) is 11.3 Å². The Morgan fingerprint density at radius 1 is 1.23 bits per heavy atom. The molecular weight excluding hydrogens is 384 g/mol. The van der Waals surface area contributed by atoms with Gasteiger partial charge in [0.05, 0.1) is 11.5 Å². The molecule has 0 fully saturated rings. The van der Waals surface area contributed by atoms with E-state index in [0.717, 1.165) is 34.3 Å². The molecule has 0 radical (unpaired) electrons. The van der Waals surface area contributed by atoms with Crippen molar-refractivity contribution >= 4 is 27.1 Å². The molecule has 1 aromatic heterocycles. The fourth-order valence-electron chi connectivity index (χ4n) is 2.34. The first-order chi connectivity index (χ1) is 12.2. The van der Waals surface area contributed by atoms with E-state index in [1.165, 1.54) is 5.38 Å². The molecule has 142 valence electrons. The molecule has 1 N–H and O–H groups in total. The molecule has 9 heteroatoms. The van der Waals surface area contributed by atoms with Gasteiger partial charge in [0.25, 0.3) is 5.91 Å². The lowest BCUT2D eigenvalue weighted by Gasteiger charge is -2.12. The molecule has 2 rings (SSSR count). The summed E-state index contributed by atoms with van der Waals surface area (Å²) in [6, 6.07) is 6.83. The van der Waals surface area contributed by atoms with Crippen molar-refractivity contribution in [1.29, 1.82) is 0 Å². The molecule has 0 aliphatic carbocycles. The van der Waals surface area contributed by atoms with Crippen LogP contribution in [0.15, 0.2) is 34.5 Å². The first kappa shape index (κ1) is 20.3. The van der Waals surface area contributed by atoms with E-state index in [1.54, 1.807) is 0 Å². The fraction of sp³-hybridized carbons (Fsp3) is 0.353. The summed E-state index contributed by atoms with van der Waals surface area (Å²) < 4.78 is 54.2. The highest BCUT2D eigenvalue weighted by atomic mass is 32.2. The third-order valence-electron chi connectivity index (χ3n) is 3.64. The van der Waals surface area contributed by atoms with Crippen LogP contribution in [0, 0.1) is 13.8 Å². The van der Waals surface area contributed by atoms with Crippen LogP contribution in [0.25, 0.3) is 0 Å². The minimum atomic E-state index is -4.80. The number of ether oxygens (including phenoxy) is 1. The second-order valence-corrected chi connectivity index (χ2v) is 8.40. The molecule has 0 saturated heterocycles. The number of nitrogens with one attached hydrogen (secondary N) is 1. The number of thiophene rings is 1. The number of benzene rings is 1. The third kappa shape index (κ3) is 4.59. The maximum Gasteiger partial charge on any atom is 0.341 e. The first-order valence-corrected chi connectivity index (χ1v) is 10.2. The zero-order valence-corrected chi connectivity index (χ0v) is 15.9. The van der Waals surface area contributed by atoms with Gasteiger partial charge in [-0.2, -0.15) is 8.78 Å². The lowest BCUT2D eigenvalue weighted by molar-refractivity contribution is 0.0952. The van der Waals surface area contributed by atoms with Gasteiger partial charge in [-0.3, -0.25) is 4.79 Å². The summed E-state index contributed by atoms with van der Waals surface area (Å²) in [4.78, 5) is 11.2. The Hall–Kier alpha value is -2.00. The van der Waals surface area contributed by atoms with Crippen LogP contribution in [0.5, 0.6) is 5.75 Å². The van der Waals surface area contributed by atoms with Gasteiger partial charge in [0.1, 0.15) is 10.6 Å². The minimum Gasteiger partial charge on any atom is -0.493 e. The van der Waals surface area contributed by atoms with Gasteiger partial charge in [0.15, 0.2) is 0 Å². The topological polar surface area (TPSA) is 72.5 Å². The molecule has 1 aromatic carbocycles. The molecule has 0 unspecified atom stereocenters. The standard InChI is InChI=1S/C17H19F2NO4S2/c1-11-5-3-6-12(2)14(11)24-9-4-8-20-16(21)15-13(7-10-25-15)26(22,23)17(18)19/h3,5-7,10,17H,4,8-9H2,1-2H3,(H,20,21). The van der Waals surface area contributed by atoms with E-state index in [2.05, 4.69) is 5.32 Å². The number of hydrogen-bond acceptors (Lipinski definition) is 5. The fourth-order valence-corrected chi connectivity index (χ4v) is 4.42. The quantitative estimate of drug-likeness (QED) is 0.684. The summed E-state index contributed by atoms with van der Waals surface area (Å²) in [6.45, 7) is 4.46. The minimum absolute atomic E-state index is 0.232. The Balaban J connectivity index is 1.88. The maximum absolute atomic E-state index is 12.7. The number of sulfone groups is 1. The van der Waals surface area contributed by atoms with E-state index in [1.807, 2.05) is 32.0 Å². The predicted octanol–water partition coefficient (Wildman–Crippen LogP) is 3.56. The van der Waals surface area contributed by atoms with Crippen molar-refractivity contribution in [2.24, 2.45) is 0 Å². The van der Waals surface area contributed by atoms with Crippen LogP contribution in [-0.4, -0.2) is 33.2 Å². The average molecular weight is 403 g/mol. The molecule has 1 heterocycles. The van der Waals surface area contributed by atoms with Crippen molar-refractivity contribution in [2.45, 2.75) is 30.9 Å². The lowest BCUT2D eigenvalue weighted by Crippen LogP contribution is -2.26. The molecule has 0 atom stereocenters. The number of para-hydroxylation sites is 1. The number of carbonyl (C=O) groups excluding carboxylic acids is 1. The van der Waals surface area contributed by atoms with Crippen LogP contribution in [0.3, 0.4) is 0 Å². The smallest absolute Gasteiger partial charge is 0.341 e. The molecule has 0 saturated carbocycles. The Morgan fingerprint density at radius 3 is 2.50 bits per heavy atom. The number of hydrogen-bond donors (Lipinski definition) is 1. The molecular formula is C17H19F2NO4S2. The van der Waals surface area contributed by atoms with Gasteiger partial charge in [0, 0.05) is 6.54 Å². The maximum atomic E-state index is 12.7. The number of amides is 1. The van der Waals surface area contributed by atoms with Crippen LogP contribution in [0.1, 0.15) is 27.2 Å². The third-order valence-corrected chi connectivity index (χ3v) is 6.10. The Bertz CT molecular complexity index is 858. The SMILES string of the molecule is Cc1cccc(C)c1OCCCNC(=O)c1sccc1S(=O)(=O)C(F)F. The summed E-state index contributed by atoms with van der Waals surface area (Å²) in [5.74, 6) is -3.46. The first-order valence-electron chi connectivity index (χ1n) is 7.82. The highest BCUT2D eigenvalue weighted by Gasteiger charge is 2.31. The number of carbonyl (C=O) groups is 1. The second-order valence-electron chi connectivity index (χ2n) is 5.60. The average Bonchev–Trinajstić information content (AvgIpc) is 3.07. The molecule has 1 amide bonds. The van der Waals surface area contributed by atoms with E-state index in [9.17, 15) is 22.0 Å². The predicted molar refractivity (Wildman–Crippen MR) is 95.9 cm³/mol. The van der Waals surface area contributed by atoms with Crippen LogP contribution in [0.2, 0.25) is 0 Å². The van der Waals surface area contributed by atoms with E-state index in [0.29, 0.717) is 13.0 Å². The Morgan fingerprint density at radius 2 is 1.88 bits per heavy atom. The molecule has 5 nitrogen and oxygen atoms in total. The molecule has 0 spiro atoms. The second kappa shape index (κ2) is 8.59. The zero-order valence-electron chi connectivity index (χ0n) is 14.3. The zero-order chi connectivity index (χ0) is 19.3. The van der Waals surface area contributed by atoms with Crippen LogP contribution in [-0.2, 0) is 9.84 Å². The van der Waals surface area contributed by atoms with Crippen LogP contribution < -0.4 is 10.1 Å². The number of rotatable bonds is 8. The number of halogens is 2. The Kier molecular flexibility index (Phi) is 6.71. The number of aryl methyl sites for hydroxylation is 2. The Labute approximate surface area is 154 Å². The highest BCUT2D eigenvalue weighted by molar-refractivity contribution is 7.92. The van der Waals surface area contributed by atoms with Crippen molar-refractivity contribution in [2.75, 3.05) is 13.2 Å². The highest BCUT2D eigenvalue weighted by Crippen LogP contribution is 2.26. The summed E-state index contributed by atoms with van der Waals surface area (Å²) in [5, 5.41) is 3.83. The van der Waals surface area contributed by atoms with Gasteiger partial charge in [-0.25, -0.2) is 8.42 Å². The lowest BCUT2D eigenvalue weighted by atomic mass is 10.1. The van der Waals surface area contributed by atoms with Gasteiger partial charge in [0.2, 0.25) is 9.84 Å². The van der Waals surface area contributed by atoms with Crippen molar-refractivity contribution in [1.82, 2.24) is 5.32 Å². The summed E-state index contributed by atoms with van der Waals surface area (Å²) in [5.41, 5.74) is 2.02. The van der Waals surface area contributed by atoms with Crippen molar-refractivity contribution in [3.63, 3.8) is 0 Å². The van der Waals surface area contributed by atoms with E-state index in [4.69, 9.17) is 4.74 Å². The number of alkyl halides is 2. The van der Waals surface area contributed by atoms with Crippen molar-refractivity contribution < 1.29 is 26.7 Å². The van der Waals surface area contributed by atoms with E-state index in [-0.39, 0.29) is 11.4 Å². The summed E-state index contributed by atoms with van der Waals surface area (Å²) in [6.07, 6.45) is 0.488. The summed E-state index contributed by atoms with van der Waals surface area (Å²) in [7, 11) is -4.80. The molecule has 0 bridgehead atoms. The molecule has 0 aliphatic rings. The van der Waals surface area contributed by atoms with Gasteiger partial charge >= 0.3 is 5.76 Å². The molecule has 26 heavy (non-hydrogen) atoms. The largest absolute Gasteiger partial charge is 0.493 e. The van der Waals surface area contributed by atoms with E-state index >= 15 is 0 Å². The normalized spacial score (nSPS) is 11.6. The van der Waals surface area contributed by atoms with Gasteiger partial charge in [-0.1, -0.05) is 18.2 Å². The van der Waals surface area contributed by atoms with Crippen LogP contribution in [0.4, 0.5) is 8.78 Å². The van der Waals surface area contributed by atoms with Crippen molar-refractivity contribution in [3.05, 3.63) is 45.6 Å². The molecule has 0 aliphatic heterocycles. The summed E-state index contributed by atoms with van der Waals surface area (Å²) >= 11 is 0.811. The molecule has 2 aromatic rings. The van der Waals surface area contributed by atoms with E-state index < -0.39 is 26.4 Å².